The van der Waals surface area contributed by atoms with Gasteiger partial charge in [0.1, 0.15) is 11.4 Å². The van der Waals surface area contributed by atoms with Crippen molar-refractivity contribution in [3.63, 3.8) is 0 Å². The Labute approximate surface area is 190 Å². The standard InChI is InChI=1S/C21H21ClN4O5S/c1-14-18(22)7-4-8-19(14)26(32(30,31)17-11-24-25(2)12-17)13-20(27)23-10-15-5-3-6-16(9-15)21(28)29/h3-9,11-12H,10,13H2,1-2H3,(H,23,27)(H,28,29). The van der Waals surface area contributed by atoms with E-state index in [2.05, 4.69) is 10.4 Å². The summed E-state index contributed by atoms with van der Waals surface area (Å²) >= 11 is 6.19. The first-order chi connectivity index (χ1) is 15.1. The summed E-state index contributed by atoms with van der Waals surface area (Å²) < 4.78 is 29.0. The van der Waals surface area contributed by atoms with Crippen molar-refractivity contribution in [3.8, 4) is 0 Å². The molecule has 0 aliphatic carbocycles. The molecule has 3 rings (SSSR count). The fourth-order valence-corrected chi connectivity index (χ4v) is 4.66. The van der Waals surface area contributed by atoms with Crippen LogP contribution in [0.4, 0.5) is 5.69 Å². The largest absolute Gasteiger partial charge is 0.478 e. The summed E-state index contributed by atoms with van der Waals surface area (Å²) in [5, 5.41) is 16.0. The first kappa shape index (κ1) is 23.3. The van der Waals surface area contributed by atoms with Gasteiger partial charge in [-0.2, -0.15) is 5.10 Å². The Hall–Kier alpha value is -3.37. The average Bonchev–Trinajstić information content (AvgIpc) is 3.20. The second-order valence-corrected chi connectivity index (χ2v) is 9.30. The molecule has 168 valence electrons. The quantitative estimate of drug-likeness (QED) is 0.515. The van der Waals surface area contributed by atoms with Crippen LogP contribution in [0.1, 0.15) is 21.5 Å². The van der Waals surface area contributed by atoms with Gasteiger partial charge in [0.05, 0.1) is 17.4 Å². The van der Waals surface area contributed by atoms with Crippen molar-refractivity contribution in [2.75, 3.05) is 10.8 Å². The van der Waals surface area contributed by atoms with E-state index < -0.39 is 28.4 Å². The Balaban J connectivity index is 1.87. The molecule has 11 heteroatoms. The average molecular weight is 477 g/mol. The molecular weight excluding hydrogens is 456 g/mol. The molecule has 1 amide bonds. The van der Waals surface area contributed by atoms with Crippen LogP contribution >= 0.6 is 11.6 Å². The van der Waals surface area contributed by atoms with Gasteiger partial charge in [0.15, 0.2) is 0 Å². The lowest BCUT2D eigenvalue weighted by Gasteiger charge is -2.25. The summed E-state index contributed by atoms with van der Waals surface area (Å²) in [5.41, 5.74) is 1.43. The van der Waals surface area contributed by atoms with Crippen molar-refractivity contribution >= 4 is 39.2 Å². The highest BCUT2D eigenvalue weighted by Gasteiger charge is 2.29. The molecule has 0 saturated carbocycles. The molecule has 0 aliphatic heterocycles. The van der Waals surface area contributed by atoms with Crippen LogP contribution in [-0.4, -0.2) is 41.7 Å². The Morgan fingerprint density at radius 1 is 1.22 bits per heavy atom. The van der Waals surface area contributed by atoms with E-state index in [0.29, 0.717) is 16.1 Å². The SMILES string of the molecule is Cc1c(Cl)cccc1N(CC(=O)NCc1cccc(C(=O)O)c1)S(=O)(=O)c1cnn(C)c1. The van der Waals surface area contributed by atoms with Crippen LogP contribution in [0.3, 0.4) is 0 Å². The lowest BCUT2D eigenvalue weighted by molar-refractivity contribution is -0.119. The second kappa shape index (κ2) is 9.41. The lowest BCUT2D eigenvalue weighted by Crippen LogP contribution is -2.41. The summed E-state index contributed by atoms with van der Waals surface area (Å²) in [4.78, 5) is 23.8. The summed E-state index contributed by atoms with van der Waals surface area (Å²) in [7, 11) is -2.53. The van der Waals surface area contributed by atoms with Crippen molar-refractivity contribution in [1.29, 1.82) is 0 Å². The summed E-state index contributed by atoms with van der Waals surface area (Å²) in [6.45, 7) is 1.20. The minimum atomic E-state index is -4.12. The van der Waals surface area contributed by atoms with Gasteiger partial charge in [-0.05, 0) is 42.3 Å². The number of rotatable bonds is 8. The molecular formula is C21H21ClN4O5S. The first-order valence-corrected chi connectivity index (χ1v) is 11.3. The number of hydrogen-bond donors (Lipinski definition) is 2. The van der Waals surface area contributed by atoms with Crippen LogP contribution in [0.25, 0.3) is 0 Å². The second-order valence-electron chi connectivity index (χ2n) is 7.03. The zero-order valence-electron chi connectivity index (χ0n) is 17.3. The fraction of sp³-hybridized carbons (Fsp3) is 0.190. The number of hydrogen-bond acceptors (Lipinski definition) is 5. The molecule has 0 saturated heterocycles. The van der Waals surface area contributed by atoms with Gasteiger partial charge >= 0.3 is 5.97 Å². The van der Waals surface area contributed by atoms with Crippen molar-refractivity contribution in [2.24, 2.45) is 7.05 Å². The smallest absolute Gasteiger partial charge is 0.335 e. The molecule has 0 atom stereocenters. The summed E-state index contributed by atoms with van der Waals surface area (Å²) in [6, 6.07) is 10.9. The van der Waals surface area contributed by atoms with Crippen LogP contribution in [-0.2, 0) is 28.4 Å². The number of benzene rings is 2. The maximum Gasteiger partial charge on any atom is 0.335 e. The van der Waals surface area contributed by atoms with E-state index in [0.717, 1.165) is 4.31 Å². The number of anilines is 1. The third kappa shape index (κ3) is 5.09. The molecule has 0 spiro atoms. The molecule has 2 N–H and O–H groups in total. The van der Waals surface area contributed by atoms with E-state index in [-0.39, 0.29) is 22.7 Å². The first-order valence-electron chi connectivity index (χ1n) is 9.45. The van der Waals surface area contributed by atoms with Gasteiger partial charge < -0.3 is 10.4 Å². The molecule has 0 unspecified atom stereocenters. The monoisotopic (exact) mass is 476 g/mol. The number of aromatic nitrogens is 2. The molecule has 0 aliphatic rings. The normalized spacial score (nSPS) is 11.2. The number of carbonyl (C=O) groups is 2. The number of nitrogens with zero attached hydrogens (tertiary/aromatic N) is 3. The predicted octanol–water partition coefficient (Wildman–Crippen LogP) is 2.59. The molecule has 2 aromatic carbocycles. The van der Waals surface area contributed by atoms with Crippen molar-refractivity contribution < 1.29 is 23.1 Å². The number of nitrogens with one attached hydrogen (secondary N) is 1. The number of amides is 1. The van der Waals surface area contributed by atoms with Gasteiger partial charge in [-0.25, -0.2) is 13.2 Å². The van der Waals surface area contributed by atoms with E-state index in [1.165, 1.54) is 29.2 Å². The zero-order chi connectivity index (χ0) is 23.5. The maximum absolute atomic E-state index is 13.3. The number of halogens is 1. The molecule has 1 heterocycles. The van der Waals surface area contributed by atoms with Gasteiger partial charge in [0, 0.05) is 24.8 Å². The number of carboxylic acid groups (broad SMARTS) is 1. The van der Waals surface area contributed by atoms with Crippen molar-refractivity contribution in [2.45, 2.75) is 18.4 Å². The van der Waals surface area contributed by atoms with Gasteiger partial charge in [-0.1, -0.05) is 29.8 Å². The number of carbonyl (C=O) groups excluding carboxylic acids is 1. The Morgan fingerprint density at radius 2 is 1.94 bits per heavy atom. The zero-order valence-corrected chi connectivity index (χ0v) is 18.9. The number of carboxylic acids is 1. The van der Waals surface area contributed by atoms with E-state index >= 15 is 0 Å². The minimum Gasteiger partial charge on any atom is -0.478 e. The van der Waals surface area contributed by atoms with E-state index in [9.17, 15) is 18.0 Å². The Kier molecular flexibility index (Phi) is 6.85. The topological polar surface area (TPSA) is 122 Å². The van der Waals surface area contributed by atoms with Gasteiger partial charge in [0.2, 0.25) is 5.91 Å². The van der Waals surface area contributed by atoms with Crippen LogP contribution in [0.15, 0.2) is 59.8 Å². The van der Waals surface area contributed by atoms with E-state index in [4.69, 9.17) is 16.7 Å². The maximum atomic E-state index is 13.3. The molecule has 0 radical (unpaired) electrons. The molecule has 1 aromatic heterocycles. The van der Waals surface area contributed by atoms with E-state index in [1.54, 1.807) is 44.3 Å². The van der Waals surface area contributed by atoms with Crippen molar-refractivity contribution in [1.82, 2.24) is 15.1 Å². The molecule has 0 fully saturated rings. The van der Waals surface area contributed by atoms with Gasteiger partial charge in [-0.3, -0.25) is 13.8 Å². The number of aryl methyl sites for hydroxylation is 1. The third-order valence-corrected chi connectivity index (χ3v) is 6.85. The third-order valence-electron chi connectivity index (χ3n) is 4.73. The summed E-state index contributed by atoms with van der Waals surface area (Å²) in [6.07, 6.45) is 2.55. The van der Waals surface area contributed by atoms with Crippen LogP contribution in [0, 0.1) is 6.92 Å². The van der Waals surface area contributed by atoms with Gasteiger partial charge in [-0.15, -0.1) is 0 Å². The highest BCUT2D eigenvalue weighted by atomic mass is 35.5. The van der Waals surface area contributed by atoms with Crippen LogP contribution in [0.5, 0.6) is 0 Å². The van der Waals surface area contributed by atoms with Crippen LogP contribution < -0.4 is 9.62 Å². The van der Waals surface area contributed by atoms with Gasteiger partial charge in [0.25, 0.3) is 10.0 Å². The Bertz CT molecular complexity index is 1270. The van der Waals surface area contributed by atoms with Crippen molar-refractivity contribution in [3.05, 3.63) is 76.6 Å². The number of sulfonamides is 1. The summed E-state index contributed by atoms with van der Waals surface area (Å²) in [5.74, 6) is -1.65. The predicted molar refractivity (Wildman–Crippen MR) is 119 cm³/mol. The highest BCUT2D eigenvalue weighted by Crippen LogP contribution is 2.30. The Morgan fingerprint density at radius 3 is 2.59 bits per heavy atom. The molecule has 32 heavy (non-hydrogen) atoms. The molecule has 3 aromatic rings. The number of aromatic carboxylic acids is 1. The van der Waals surface area contributed by atoms with Crippen LogP contribution in [0.2, 0.25) is 5.02 Å². The molecule has 0 bridgehead atoms. The minimum absolute atomic E-state index is 0.0370. The fourth-order valence-electron chi connectivity index (χ4n) is 3.03. The lowest BCUT2D eigenvalue weighted by atomic mass is 10.1. The highest BCUT2D eigenvalue weighted by molar-refractivity contribution is 7.92. The molecule has 9 nitrogen and oxygen atoms in total. The van der Waals surface area contributed by atoms with E-state index in [1.807, 2.05) is 0 Å².